The Balaban J connectivity index is 0.00000152. The van der Waals surface area contributed by atoms with Gasteiger partial charge in [-0.1, -0.05) is 0 Å². The molecule has 0 spiro atoms. The van der Waals surface area contributed by atoms with Crippen molar-refractivity contribution >= 4 is 3.21 Å². The molecule has 0 aliphatic heterocycles. The van der Waals surface area contributed by atoms with Gasteiger partial charge in [-0.25, -0.2) is 0 Å². The van der Waals surface area contributed by atoms with Gasteiger partial charge in [-0.05, 0) is 0 Å². The maximum absolute atomic E-state index is 2.65. The van der Waals surface area contributed by atoms with Crippen LogP contribution in [0.25, 0.3) is 11.1 Å². The van der Waals surface area contributed by atoms with Crippen LogP contribution in [0.4, 0.5) is 0 Å². The Morgan fingerprint density at radius 2 is 1.19 bits per heavy atom. The Morgan fingerprint density at radius 1 is 0.694 bits per heavy atom. The molecule has 0 saturated heterocycles. The summed E-state index contributed by atoms with van der Waals surface area (Å²) in [5, 5.41) is 0. The minimum atomic E-state index is -2.01. The number of hydrogen-bond donors (Lipinski definition) is 0. The van der Waals surface area contributed by atoms with Crippen molar-refractivity contribution in [3.8, 4) is 11.1 Å². The molecular weight excluding hydrogens is 558 g/mol. The van der Waals surface area contributed by atoms with E-state index in [4.69, 9.17) is 0 Å². The van der Waals surface area contributed by atoms with Crippen LogP contribution < -0.4 is 24.8 Å². The summed E-state index contributed by atoms with van der Waals surface area (Å²) >= 11 is -2.01. The van der Waals surface area contributed by atoms with Crippen LogP contribution in [-0.2, 0) is 21.3 Å². The minimum absolute atomic E-state index is 0. The van der Waals surface area contributed by atoms with Crippen LogP contribution in [-0.4, -0.2) is 3.21 Å². The van der Waals surface area contributed by atoms with E-state index >= 15 is 0 Å². The van der Waals surface area contributed by atoms with E-state index in [2.05, 4.69) is 68.5 Å². The third-order valence-electron chi connectivity index (χ3n) is 9.16. The molecule has 2 aromatic carbocycles. The zero-order valence-electron chi connectivity index (χ0n) is 22.0. The van der Waals surface area contributed by atoms with Crippen molar-refractivity contribution in [3.63, 3.8) is 0 Å². The van der Waals surface area contributed by atoms with Crippen molar-refractivity contribution in [1.29, 1.82) is 0 Å². The second-order valence-electron chi connectivity index (χ2n) is 11.5. The molecule has 0 bridgehead atoms. The van der Waals surface area contributed by atoms with Gasteiger partial charge in [-0.15, -0.1) is 0 Å². The number of hydrogen-bond acceptors (Lipinski definition) is 0. The molecule has 2 saturated carbocycles. The molecule has 0 unspecified atom stereocenters. The SMILES string of the molecule is C[C](C)=[Zr+2]([C]1=CC=CC1)[CH]1c2ccc(C3CCCCC3)cc2-c2cc(C3CCCCC3)ccc21.[Cl-].[Cl-]. The molecule has 4 aliphatic rings. The van der Waals surface area contributed by atoms with Gasteiger partial charge in [-0.3, -0.25) is 0 Å². The van der Waals surface area contributed by atoms with E-state index in [0.717, 1.165) is 11.8 Å². The molecule has 190 valence electrons. The fourth-order valence-electron chi connectivity index (χ4n) is 7.42. The second-order valence-corrected chi connectivity index (χ2v) is 19.0. The van der Waals surface area contributed by atoms with E-state index in [1.807, 2.05) is 0 Å². The summed E-state index contributed by atoms with van der Waals surface area (Å²) in [6.07, 6.45) is 22.4. The molecule has 0 atom stereocenters. The second kappa shape index (κ2) is 12.4. The van der Waals surface area contributed by atoms with Crippen LogP contribution in [0.2, 0.25) is 0 Å². The summed E-state index contributed by atoms with van der Waals surface area (Å²) in [6.45, 7) is 4.89. The predicted octanol–water partition coefficient (Wildman–Crippen LogP) is 3.53. The van der Waals surface area contributed by atoms with Gasteiger partial charge in [0.25, 0.3) is 0 Å². The number of rotatable bonds is 4. The average Bonchev–Trinajstić information content (AvgIpc) is 3.52. The van der Waals surface area contributed by atoms with E-state index in [1.54, 1.807) is 39.9 Å². The van der Waals surface area contributed by atoms with Crippen molar-refractivity contribution in [2.24, 2.45) is 0 Å². The predicted molar refractivity (Wildman–Crippen MR) is 144 cm³/mol. The van der Waals surface area contributed by atoms with Gasteiger partial charge < -0.3 is 24.8 Å². The summed E-state index contributed by atoms with van der Waals surface area (Å²) in [7, 11) is 0. The Hall–Kier alpha value is -0.747. The third kappa shape index (κ3) is 5.37. The van der Waals surface area contributed by atoms with Crippen LogP contribution in [0.1, 0.15) is 122 Å². The van der Waals surface area contributed by atoms with Gasteiger partial charge in [0.05, 0.1) is 0 Å². The van der Waals surface area contributed by atoms with Gasteiger partial charge in [0.2, 0.25) is 0 Å². The van der Waals surface area contributed by atoms with E-state index < -0.39 is 21.3 Å². The molecule has 0 radical (unpaired) electrons. The molecule has 2 fully saturated rings. The van der Waals surface area contributed by atoms with Gasteiger partial charge in [0.15, 0.2) is 0 Å². The Kier molecular flexibility index (Phi) is 9.74. The standard InChI is InChI=1S/C25H29.C5H5.C3H6.2ClH.Zr/c1-3-7-18(8-4-1)20-11-13-22-15-23-14-12-21(17-25(23)24(22)16-20)19-9-5-2-6-10-19;1-2-4-5-3-1;1-3-2;;;/h11-19H,1-10H2;1-3H,4H2;1-2H3;2*1H;/q;;;;;+2/p-2. The first-order chi connectivity index (χ1) is 16.7. The Morgan fingerprint density at radius 3 is 1.61 bits per heavy atom. The summed E-state index contributed by atoms with van der Waals surface area (Å²) in [5.74, 6) is 1.56. The molecule has 0 heterocycles. The first-order valence-corrected chi connectivity index (χ1v) is 17.9. The smallest absolute Gasteiger partial charge is 1.00 e. The number of fused-ring (bicyclic) bond motifs is 3. The van der Waals surface area contributed by atoms with Crippen LogP contribution in [0.15, 0.2) is 57.9 Å². The quantitative estimate of drug-likeness (QED) is 0.506. The molecule has 0 aromatic heterocycles. The molecule has 6 rings (SSSR count). The Bertz CT molecular complexity index is 1100. The molecule has 0 nitrogen and oxygen atoms in total. The molecule has 0 N–H and O–H groups in total. The maximum atomic E-state index is 2.65. The van der Waals surface area contributed by atoms with Crippen molar-refractivity contribution in [3.05, 3.63) is 80.2 Å². The zero-order chi connectivity index (χ0) is 23.1. The number of halogens is 2. The molecular formula is C33H40Cl2Zr. The Labute approximate surface area is 239 Å². The third-order valence-corrected chi connectivity index (χ3v) is 17.4. The first-order valence-electron chi connectivity index (χ1n) is 14.0. The van der Waals surface area contributed by atoms with E-state index in [9.17, 15) is 0 Å². The van der Waals surface area contributed by atoms with E-state index in [1.165, 1.54) is 70.6 Å². The average molecular weight is 599 g/mol. The molecule has 4 aliphatic carbocycles. The van der Waals surface area contributed by atoms with Gasteiger partial charge >= 0.3 is 216 Å². The van der Waals surface area contributed by atoms with Gasteiger partial charge in [0.1, 0.15) is 0 Å². The summed E-state index contributed by atoms with van der Waals surface area (Å²) in [4.78, 5) is 0. The normalized spacial score (nSPS) is 19.4. The van der Waals surface area contributed by atoms with Crippen LogP contribution >= 0.6 is 0 Å². The van der Waals surface area contributed by atoms with Crippen molar-refractivity contribution in [1.82, 2.24) is 0 Å². The molecule has 36 heavy (non-hydrogen) atoms. The van der Waals surface area contributed by atoms with Gasteiger partial charge in [-0.2, -0.15) is 0 Å². The van der Waals surface area contributed by atoms with Gasteiger partial charge in [0, 0.05) is 0 Å². The fourth-order valence-corrected chi connectivity index (χ4v) is 15.6. The number of allylic oxidation sites excluding steroid dienone is 4. The molecule has 0 amide bonds. The zero-order valence-corrected chi connectivity index (χ0v) is 25.9. The van der Waals surface area contributed by atoms with Crippen molar-refractivity contribution < 1.29 is 46.1 Å². The fraction of sp³-hybridized carbons (Fsp3) is 0.485. The van der Waals surface area contributed by atoms with Crippen molar-refractivity contribution in [2.75, 3.05) is 0 Å². The first kappa shape index (κ1) is 28.3. The molecule has 3 heteroatoms. The summed E-state index contributed by atoms with van der Waals surface area (Å²) in [5.41, 5.74) is 9.78. The van der Waals surface area contributed by atoms with Crippen LogP contribution in [0, 0.1) is 0 Å². The van der Waals surface area contributed by atoms with E-state index in [-0.39, 0.29) is 24.8 Å². The summed E-state index contributed by atoms with van der Waals surface area (Å²) in [6, 6.07) is 15.5. The minimum Gasteiger partial charge on any atom is -1.00 e. The topological polar surface area (TPSA) is 0 Å². The summed E-state index contributed by atoms with van der Waals surface area (Å²) < 4.78 is 4.19. The van der Waals surface area contributed by atoms with Crippen LogP contribution in [0.5, 0.6) is 0 Å². The van der Waals surface area contributed by atoms with Crippen molar-refractivity contribution in [2.45, 2.75) is 99.9 Å². The number of benzene rings is 2. The van der Waals surface area contributed by atoms with Crippen LogP contribution in [0.3, 0.4) is 0 Å². The van der Waals surface area contributed by atoms with E-state index in [0.29, 0.717) is 3.63 Å². The molecule has 2 aromatic rings. The maximum Gasteiger partial charge on any atom is -1.00 e. The monoisotopic (exact) mass is 596 g/mol. The largest absolute Gasteiger partial charge is 1.00 e.